The zero-order chi connectivity index (χ0) is 32.5. The molecule has 0 nitrogen and oxygen atoms in total. The van der Waals surface area contributed by atoms with E-state index >= 15 is 0 Å². The van der Waals surface area contributed by atoms with Crippen LogP contribution in [0.25, 0.3) is 0 Å². The zero-order valence-electron chi connectivity index (χ0n) is 32.5. The van der Waals surface area contributed by atoms with Gasteiger partial charge in [-0.05, 0) is 42.9 Å². The monoisotopic (exact) mass is 631 g/mol. The van der Waals surface area contributed by atoms with E-state index in [1.807, 2.05) is 0 Å². The number of unbranched alkanes of at least 4 members (excludes halogenated alkanes) is 29. The van der Waals surface area contributed by atoms with Gasteiger partial charge < -0.3 is 0 Å². The molecule has 0 aromatic rings. The third-order valence-electron chi connectivity index (χ3n) is 12.0. The van der Waals surface area contributed by atoms with Crippen molar-refractivity contribution in [2.75, 3.05) is 0 Å². The summed E-state index contributed by atoms with van der Waals surface area (Å²) in [5.74, 6) is 2.08. The summed E-state index contributed by atoms with van der Waals surface area (Å²) >= 11 is 0. The van der Waals surface area contributed by atoms with Gasteiger partial charge in [0.15, 0.2) is 0 Å². The van der Waals surface area contributed by atoms with Crippen LogP contribution in [0.2, 0.25) is 0 Å². The van der Waals surface area contributed by atoms with E-state index in [-0.39, 0.29) is 0 Å². The fourth-order valence-corrected chi connectivity index (χ4v) is 8.80. The molecule has 0 aliphatic heterocycles. The summed E-state index contributed by atoms with van der Waals surface area (Å²) in [7, 11) is 0. The second-order valence-electron chi connectivity index (χ2n) is 16.7. The summed E-state index contributed by atoms with van der Waals surface area (Å²) in [6, 6.07) is 0. The van der Waals surface area contributed by atoms with E-state index in [0.717, 1.165) is 11.8 Å². The Morgan fingerprint density at radius 3 is 1.00 bits per heavy atom. The van der Waals surface area contributed by atoms with E-state index in [4.69, 9.17) is 0 Å². The molecule has 0 bridgehead atoms. The molecule has 270 valence electrons. The average Bonchev–Trinajstić information content (AvgIpc) is 3.04. The minimum absolute atomic E-state index is 0.649. The van der Waals surface area contributed by atoms with Crippen molar-refractivity contribution >= 4 is 0 Å². The predicted molar refractivity (Wildman–Crippen MR) is 208 cm³/mol. The smallest absolute Gasteiger partial charge is 0.0323 e. The molecule has 1 aliphatic rings. The second-order valence-corrected chi connectivity index (χ2v) is 16.7. The summed E-state index contributed by atoms with van der Waals surface area (Å²) in [6.07, 6.45) is 56.5. The largest absolute Gasteiger partial charge is 0.0654 e. The molecule has 1 rings (SSSR count). The van der Waals surface area contributed by atoms with E-state index in [0.29, 0.717) is 5.41 Å². The first-order valence-corrected chi connectivity index (χ1v) is 22.1. The first kappa shape index (κ1) is 43.0. The lowest BCUT2D eigenvalue weighted by Gasteiger charge is -2.43. The van der Waals surface area contributed by atoms with Gasteiger partial charge in [-0.15, -0.1) is 0 Å². The summed E-state index contributed by atoms with van der Waals surface area (Å²) < 4.78 is 0. The maximum atomic E-state index is 2.70. The lowest BCUT2D eigenvalue weighted by Crippen LogP contribution is -2.32. The van der Waals surface area contributed by atoms with Gasteiger partial charge in [0.25, 0.3) is 0 Å². The van der Waals surface area contributed by atoms with Crippen LogP contribution in [0.4, 0.5) is 0 Å². The molecule has 1 saturated carbocycles. The van der Waals surface area contributed by atoms with Gasteiger partial charge in [0, 0.05) is 0 Å². The third kappa shape index (κ3) is 26.6. The van der Waals surface area contributed by atoms with Crippen molar-refractivity contribution in [3.8, 4) is 0 Å². The fraction of sp³-hybridized carbons (Fsp3) is 1.00. The van der Waals surface area contributed by atoms with Crippen molar-refractivity contribution in [3.63, 3.8) is 0 Å². The van der Waals surface area contributed by atoms with Crippen molar-refractivity contribution in [1.29, 1.82) is 0 Å². The summed E-state index contributed by atoms with van der Waals surface area (Å²) in [5.41, 5.74) is 0.649. The quantitative estimate of drug-likeness (QED) is 0.0611. The Labute approximate surface area is 288 Å². The Morgan fingerprint density at radius 2 is 0.644 bits per heavy atom. The predicted octanol–water partition coefficient (Wildman–Crippen LogP) is 17.1. The summed E-state index contributed by atoms with van der Waals surface area (Å²) in [5, 5.41) is 0. The second kappa shape index (κ2) is 32.5. The number of hydrogen-bond acceptors (Lipinski definition) is 0. The van der Waals surface area contributed by atoms with Crippen LogP contribution in [-0.4, -0.2) is 0 Å². The Balaban J connectivity index is 2.30. The van der Waals surface area contributed by atoms with Crippen molar-refractivity contribution < 1.29 is 0 Å². The number of hydrogen-bond donors (Lipinski definition) is 0. The molecule has 45 heavy (non-hydrogen) atoms. The van der Waals surface area contributed by atoms with Gasteiger partial charge in [-0.1, -0.05) is 246 Å². The molecule has 0 amide bonds. The molecule has 1 fully saturated rings. The van der Waals surface area contributed by atoms with E-state index in [1.54, 1.807) is 25.7 Å². The lowest BCUT2D eigenvalue weighted by molar-refractivity contribution is 0.0779. The Hall–Kier alpha value is 0. The van der Waals surface area contributed by atoms with Crippen LogP contribution in [0.5, 0.6) is 0 Å². The molecule has 0 heterocycles. The van der Waals surface area contributed by atoms with Crippen LogP contribution >= 0.6 is 0 Å². The van der Waals surface area contributed by atoms with Crippen molar-refractivity contribution in [3.05, 3.63) is 0 Å². The van der Waals surface area contributed by atoms with Gasteiger partial charge in [0.05, 0.1) is 0 Å². The van der Waals surface area contributed by atoms with Crippen LogP contribution < -0.4 is 0 Å². The van der Waals surface area contributed by atoms with Gasteiger partial charge >= 0.3 is 0 Å². The van der Waals surface area contributed by atoms with Crippen LogP contribution in [0.15, 0.2) is 0 Å². The zero-order valence-corrected chi connectivity index (χ0v) is 32.5. The van der Waals surface area contributed by atoms with Crippen molar-refractivity contribution in [2.45, 2.75) is 272 Å². The van der Waals surface area contributed by atoms with E-state index < -0.39 is 0 Å². The van der Waals surface area contributed by atoms with Crippen molar-refractivity contribution in [1.82, 2.24) is 0 Å². The molecule has 3 atom stereocenters. The van der Waals surface area contributed by atoms with Gasteiger partial charge in [0.1, 0.15) is 0 Å². The first-order valence-electron chi connectivity index (χ1n) is 22.1. The highest BCUT2D eigenvalue weighted by molar-refractivity contribution is 4.87. The molecule has 0 aromatic heterocycles. The maximum absolute atomic E-state index is 2.70. The normalized spacial score (nSPS) is 20.3. The van der Waals surface area contributed by atoms with Gasteiger partial charge in [0.2, 0.25) is 0 Å². The van der Waals surface area contributed by atoms with E-state index in [2.05, 4.69) is 27.7 Å². The molecule has 0 saturated heterocycles. The fourth-order valence-electron chi connectivity index (χ4n) is 8.80. The number of rotatable bonds is 35. The average molecular weight is 631 g/mol. The SMILES string of the molecule is CCCCCCCCCCCCCC1CC(C)(CCCCCCCCCCCCC)CCC1CCCCCCCCCCCC. The topological polar surface area (TPSA) is 0 Å². The summed E-state index contributed by atoms with van der Waals surface area (Å²) in [4.78, 5) is 0. The molecular formula is C45H90. The Bertz CT molecular complexity index is 564. The molecule has 0 N–H and O–H groups in total. The van der Waals surface area contributed by atoms with Crippen LogP contribution in [0.3, 0.4) is 0 Å². The van der Waals surface area contributed by atoms with Gasteiger partial charge in [-0.25, -0.2) is 0 Å². The molecule has 0 spiro atoms. The Kier molecular flexibility index (Phi) is 31.1. The molecule has 0 heteroatoms. The molecule has 3 unspecified atom stereocenters. The molecule has 1 aliphatic carbocycles. The van der Waals surface area contributed by atoms with E-state index in [1.165, 1.54) is 218 Å². The van der Waals surface area contributed by atoms with Crippen LogP contribution in [0, 0.1) is 17.3 Å². The van der Waals surface area contributed by atoms with Crippen LogP contribution in [-0.2, 0) is 0 Å². The third-order valence-corrected chi connectivity index (χ3v) is 12.0. The minimum atomic E-state index is 0.649. The van der Waals surface area contributed by atoms with Gasteiger partial charge in [-0.3, -0.25) is 0 Å². The maximum Gasteiger partial charge on any atom is -0.0323 e. The first-order chi connectivity index (χ1) is 22.1. The van der Waals surface area contributed by atoms with Crippen LogP contribution in [0.1, 0.15) is 272 Å². The Morgan fingerprint density at radius 1 is 0.356 bits per heavy atom. The highest BCUT2D eigenvalue weighted by atomic mass is 14.4. The lowest BCUT2D eigenvalue weighted by atomic mass is 9.62. The summed E-state index contributed by atoms with van der Waals surface area (Å²) in [6.45, 7) is 9.68. The highest BCUT2D eigenvalue weighted by Gasteiger charge is 2.36. The molecule has 0 radical (unpaired) electrons. The highest BCUT2D eigenvalue weighted by Crippen LogP contribution is 2.48. The molecule has 0 aromatic carbocycles. The molecular weight excluding hydrogens is 540 g/mol. The van der Waals surface area contributed by atoms with Crippen molar-refractivity contribution in [2.24, 2.45) is 17.3 Å². The standard InChI is InChI=1S/C45H90/c1-5-8-11-14-17-20-23-26-29-32-35-38-44-42-45(4,40-36-33-30-27-24-21-18-15-12-9-6-2)41-39-43(44)37-34-31-28-25-22-19-16-13-10-7-3/h43-44H,5-42H2,1-4H3. The minimum Gasteiger partial charge on any atom is -0.0654 e. The van der Waals surface area contributed by atoms with Gasteiger partial charge in [-0.2, -0.15) is 0 Å². The van der Waals surface area contributed by atoms with E-state index in [9.17, 15) is 0 Å².